The Morgan fingerprint density at radius 1 is 0.931 bits per heavy atom. The van der Waals surface area contributed by atoms with Crippen LogP contribution in [0.3, 0.4) is 0 Å². The molecule has 0 radical (unpaired) electrons. The number of benzene rings is 2. The lowest BCUT2D eigenvalue weighted by atomic mass is 10.2. The minimum absolute atomic E-state index is 0.00565. The van der Waals surface area contributed by atoms with Crippen molar-refractivity contribution in [2.45, 2.75) is 4.21 Å². The summed E-state index contributed by atoms with van der Waals surface area (Å²) in [5.41, 5.74) is 4.59. The van der Waals surface area contributed by atoms with Crippen molar-refractivity contribution < 1.29 is 22.4 Å². The minimum atomic E-state index is -3.85. The number of hydrazine groups is 1. The number of carbonyl (C=O) groups is 2. The lowest BCUT2D eigenvalue weighted by Gasteiger charge is -2.13. The number of para-hydroxylation sites is 1. The Balaban J connectivity index is 1.74. The summed E-state index contributed by atoms with van der Waals surface area (Å²) in [5, 5.41) is 1.62. The Morgan fingerprint density at radius 3 is 2.28 bits per heavy atom. The Bertz CT molecular complexity index is 1170. The fraction of sp³-hybridized carbons (Fsp3) is 0. The molecular formula is C18H13BrFN3O4S2. The topological polar surface area (TPSA) is 104 Å². The average molecular weight is 498 g/mol. The number of halogens is 2. The molecule has 1 aromatic heterocycles. The highest BCUT2D eigenvalue weighted by atomic mass is 79.9. The zero-order valence-electron chi connectivity index (χ0n) is 14.5. The molecule has 11 heteroatoms. The van der Waals surface area contributed by atoms with E-state index in [1.165, 1.54) is 24.3 Å². The van der Waals surface area contributed by atoms with Gasteiger partial charge in [0, 0.05) is 4.47 Å². The molecule has 0 aliphatic carbocycles. The number of anilines is 1. The van der Waals surface area contributed by atoms with Crippen LogP contribution in [-0.2, 0) is 10.0 Å². The van der Waals surface area contributed by atoms with Gasteiger partial charge in [0.25, 0.3) is 21.8 Å². The van der Waals surface area contributed by atoms with E-state index < -0.39 is 27.7 Å². The van der Waals surface area contributed by atoms with E-state index in [1.807, 2.05) is 0 Å². The summed E-state index contributed by atoms with van der Waals surface area (Å²) in [7, 11) is -3.85. The van der Waals surface area contributed by atoms with Gasteiger partial charge < -0.3 is 0 Å². The van der Waals surface area contributed by atoms with Crippen LogP contribution in [0.5, 0.6) is 0 Å². The van der Waals surface area contributed by atoms with E-state index >= 15 is 0 Å². The third-order valence-corrected chi connectivity index (χ3v) is 7.06. The fourth-order valence-electron chi connectivity index (χ4n) is 2.30. The third kappa shape index (κ3) is 5.00. The van der Waals surface area contributed by atoms with Crippen LogP contribution in [0.2, 0.25) is 0 Å². The molecule has 2 amide bonds. The van der Waals surface area contributed by atoms with Crippen LogP contribution >= 0.6 is 27.3 Å². The summed E-state index contributed by atoms with van der Waals surface area (Å²) in [6.07, 6.45) is 0. The Morgan fingerprint density at radius 2 is 1.62 bits per heavy atom. The molecule has 0 atom stereocenters. The quantitative estimate of drug-likeness (QED) is 0.469. The molecule has 0 bridgehead atoms. The number of thiophene rings is 1. The summed E-state index contributed by atoms with van der Waals surface area (Å²) >= 11 is 4.11. The van der Waals surface area contributed by atoms with Crippen LogP contribution in [0.15, 0.2) is 68.7 Å². The zero-order chi connectivity index (χ0) is 21.0. The molecule has 0 saturated heterocycles. The van der Waals surface area contributed by atoms with Gasteiger partial charge >= 0.3 is 0 Å². The van der Waals surface area contributed by atoms with Crippen molar-refractivity contribution in [2.24, 2.45) is 0 Å². The molecule has 3 rings (SSSR count). The maximum atomic E-state index is 13.1. The number of nitrogens with one attached hydrogen (secondary N) is 3. The van der Waals surface area contributed by atoms with E-state index in [1.54, 1.807) is 23.6 Å². The highest BCUT2D eigenvalue weighted by molar-refractivity contribution is 9.10. The zero-order valence-corrected chi connectivity index (χ0v) is 17.7. The number of rotatable bonds is 5. The second-order valence-corrected chi connectivity index (χ2v) is 9.33. The monoisotopic (exact) mass is 497 g/mol. The van der Waals surface area contributed by atoms with Gasteiger partial charge in [-0.25, -0.2) is 12.8 Å². The highest BCUT2D eigenvalue weighted by Crippen LogP contribution is 2.23. The molecule has 0 saturated carbocycles. The minimum Gasteiger partial charge on any atom is -0.278 e. The van der Waals surface area contributed by atoms with Crippen LogP contribution in [0, 0.1) is 5.82 Å². The maximum absolute atomic E-state index is 13.1. The molecule has 0 aliphatic heterocycles. The molecule has 2 aromatic carbocycles. The van der Waals surface area contributed by atoms with E-state index in [0.29, 0.717) is 0 Å². The van der Waals surface area contributed by atoms with E-state index in [-0.39, 0.29) is 25.5 Å². The molecular weight excluding hydrogens is 485 g/mol. The molecule has 0 aliphatic rings. The smallest absolute Gasteiger partial charge is 0.271 e. The van der Waals surface area contributed by atoms with Crippen LogP contribution in [0.1, 0.15) is 20.7 Å². The first kappa shape index (κ1) is 21.0. The van der Waals surface area contributed by atoms with E-state index in [2.05, 4.69) is 31.5 Å². The van der Waals surface area contributed by atoms with E-state index in [0.717, 1.165) is 23.5 Å². The molecule has 0 spiro atoms. The Kier molecular flexibility index (Phi) is 6.30. The molecule has 0 unspecified atom stereocenters. The lowest BCUT2D eigenvalue weighted by Crippen LogP contribution is -2.42. The van der Waals surface area contributed by atoms with Crippen molar-refractivity contribution in [3.63, 3.8) is 0 Å². The normalized spacial score (nSPS) is 11.0. The first-order valence-corrected chi connectivity index (χ1v) is 11.1. The van der Waals surface area contributed by atoms with E-state index in [9.17, 15) is 22.4 Å². The number of hydrogen-bond donors (Lipinski definition) is 3. The summed E-state index contributed by atoms with van der Waals surface area (Å²) < 4.78 is 40.7. The SMILES string of the molecule is O=C(NNC(=O)c1ccccc1NS(=O)(=O)c1cccs1)c1ccc(F)cc1Br. The van der Waals surface area contributed by atoms with Gasteiger partial charge in [-0.05, 0) is 57.7 Å². The number of carbonyl (C=O) groups excluding carboxylic acids is 2. The first-order valence-electron chi connectivity index (χ1n) is 7.99. The number of amides is 2. The van der Waals surface area contributed by atoms with E-state index in [4.69, 9.17) is 0 Å². The van der Waals surface area contributed by atoms with Crippen molar-refractivity contribution in [2.75, 3.05) is 4.72 Å². The second-order valence-electron chi connectivity index (χ2n) is 5.62. The van der Waals surface area contributed by atoms with Crippen LogP contribution in [0.4, 0.5) is 10.1 Å². The van der Waals surface area contributed by atoms with Gasteiger partial charge in [0.15, 0.2) is 0 Å². The summed E-state index contributed by atoms with van der Waals surface area (Å²) in [6.45, 7) is 0. The highest BCUT2D eigenvalue weighted by Gasteiger charge is 2.20. The third-order valence-electron chi connectivity index (χ3n) is 3.64. The van der Waals surface area contributed by atoms with Gasteiger partial charge in [0.2, 0.25) is 0 Å². The van der Waals surface area contributed by atoms with Gasteiger partial charge in [-0.15, -0.1) is 11.3 Å². The lowest BCUT2D eigenvalue weighted by molar-refractivity contribution is 0.0846. The molecule has 3 aromatic rings. The van der Waals surface area contributed by atoms with Crippen molar-refractivity contribution >= 4 is 54.8 Å². The van der Waals surface area contributed by atoms with Gasteiger partial charge in [-0.3, -0.25) is 25.2 Å². The molecule has 150 valence electrons. The van der Waals surface area contributed by atoms with Crippen LogP contribution in [0.25, 0.3) is 0 Å². The average Bonchev–Trinajstić information content (AvgIpc) is 3.22. The maximum Gasteiger partial charge on any atom is 0.271 e. The van der Waals surface area contributed by atoms with Crippen molar-refractivity contribution in [1.82, 2.24) is 10.9 Å². The van der Waals surface area contributed by atoms with Crippen molar-refractivity contribution in [3.05, 3.63) is 81.4 Å². The molecule has 29 heavy (non-hydrogen) atoms. The molecule has 7 nitrogen and oxygen atoms in total. The van der Waals surface area contributed by atoms with Crippen LogP contribution in [-0.4, -0.2) is 20.2 Å². The molecule has 1 heterocycles. The van der Waals surface area contributed by atoms with Gasteiger partial charge in [0.05, 0.1) is 16.8 Å². The number of sulfonamides is 1. The predicted molar refractivity (Wildman–Crippen MR) is 111 cm³/mol. The standard InChI is InChI=1S/C18H13BrFN3O4S2/c19-14-10-11(20)7-8-12(14)17(24)21-22-18(25)13-4-1-2-5-15(13)23-29(26,27)16-6-3-9-28-16/h1-10,23H,(H,21,24)(H,22,25). The Hall–Kier alpha value is -2.76. The van der Waals surface area contributed by atoms with Gasteiger partial charge in [-0.1, -0.05) is 18.2 Å². The predicted octanol–water partition coefficient (Wildman–Crippen LogP) is 3.53. The van der Waals surface area contributed by atoms with Crippen molar-refractivity contribution in [1.29, 1.82) is 0 Å². The van der Waals surface area contributed by atoms with Gasteiger partial charge in [0.1, 0.15) is 10.0 Å². The number of hydrogen-bond acceptors (Lipinski definition) is 5. The Labute approximate surface area is 178 Å². The van der Waals surface area contributed by atoms with Gasteiger partial charge in [-0.2, -0.15) is 0 Å². The molecule has 3 N–H and O–H groups in total. The molecule has 0 fully saturated rings. The van der Waals surface area contributed by atoms with Crippen LogP contribution < -0.4 is 15.6 Å². The summed E-state index contributed by atoms with van der Waals surface area (Å²) in [4.78, 5) is 24.7. The van der Waals surface area contributed by atoms with Crippen molar-refractivity contribution in [3.8, 4) is 0 Å². The summed E-state index contributed by atoms with van der Waals surface area (Å²) in [6, 6.07) is 12.5. The fourth-order valence-corrected chi connectivity index (χ4v) is 4.91. The first-order chi connectivity index (χ1) is 13.8. The summed E-state index contributed by atoms with van der Waals surface area (Å²) in [5.74, 6) is -1.94. The second kappa shape index (κ2) is 8.72. The largest absolute Gasteiger partial charge is 0.278 e.